The first kappa shape index (κ1) is 11.4. The largest absolute Gasteiger partial charge is 0.378 e. The Bertz CT molecular complexity index is 349. The Hall–Kier alpha value is -0.410. The summed E-state index contributed by atoms with van der Waals surface area (Å²) in [5, 5.41) is 0. The number of hydrogen-bond donors (Lipinski definition) is 0. The predicted molar refractivity (Wildman–Crippen MR) is 66.2 cm³/mol. The lowest BCUT2D eigenvalue weighted by Gasteiger charge is -2.37. The molecular weight excluding hydrogens is 228 g/mol. The monoisotopic (exact) mass is 250 g/mol. The summed E-state index contributed by atoms with van der Waals surface area (Å²) in [6.45, 7) is 2.25. The molecule has 2 saturated heterocycles. The molecule has 0 radical (unpaired) electrons. The SMILES string of the molecule is O=C(C1CC2CC2C1)C1CCOC2(CCOC2)C1. The molecular formula is C15H22O3. The predicted octanol–water partition coefficient (Wildman–Crippen LogP) is 2.19. The van der Waals surface area contributed by atoms with E-state index in [0.717, 1.165) is 44.3 Å². The molecule has 0 bridgehead atoms. The van der Waals surface area contributed by atoms with Crippen LogP contribution in [0.1, 0.15) is 38.5 Å². The number of hydrogen-bond acceptors (Lipinski definition) is 3. The summed E-state index contributed by atoms with van der Waals surface area (Å²) in [6.07, 6.45) is 6.60. The highest BCUT2D eigenvalue weighted by Crippen LogP contribution is 2.55. The fourth-order valence-corrected chi connectivity index (χ4v) is 4.41. The Morgan fingerprint density at radius 1 is 1.06 bits per heavy atom. The number of Topliss-reactive ketones (excluding diaryl/α,β-unsaturated/α-hetero) is 1. The topological polar surface area (TPSA) is 35.5 Å². The van der Waals surface area contributed by atoms with Gasteiger partial charge in [-0.1, -0.05) is 0 Å². The smallest absolute Gasteiger partial charge is 0.139 e. The van der Waals surface area contributed by atoms with Gasteiger partial charge in [-0.25, -0.2) is 0 Å². The van der Waals surface area contributed by atoms with E-state index in [9.17, 15) is 4.79 Å². The summed E-state index contributed by atoms with van der Waals surface area (Å²) >= 11 is 0. The normalized spacial score (nSPS) is 50.4. The van der Waals surface area contributed by atoms with E-state index in [4.69, 9.17) is 9.47 Å². The minimum absolute atomic E-state index is 0.111. The van der Waals surface area contributed by atoms with Crippen LogP contribution >= 0.6 is 0 Å². The van der Waals surface area contributed by atoms with Crippen LogP contribution in [0, 0.1) is 23.7 Å². The molecule has 4 aliphatic rings. The molecule has 1 spiro atoms. The van der Waals surface area contributed by atoms with Gasteiger partial charge in [0.05, 0.1) is 12.2 Å². The third-order valence-corrected chi connectivity index (χ3v) is 5.61. The first-order valence-corrected chi connectivity index (χ1v) is 7.51. The van der Waals surface area contributed by atoms with Crippen LogP contribution in [0.15, 0.2) is 0 Å². The van der Waals surface area contributed by atoms with Crippen molar-refractivity contribution in [3.05, 3.63) is 0 Å². The van der Waals surface area contributed by atoms with Crippen LogP contribution < -0.4 is 0 Å². The van der Waals surface area contributed by atoms with Gasteiger partial charge in [-0.2, -0.15) is 0 Å². The third kappa shape index (κ3) is 1.83. The van der Waals surface area contributed by atoms with Crippen LogP contribution in [0.4, 0.5) is 0 Å². The second-order valence-corrected chi connectivity index (χ2v) is 6.85. The van der Waals surface area contributed by atoms with Crippen molar-refractivity contribution in [1.29, 1.82) is 0 Å². The summed E-state index contributed by atoms with van der Waals surface area (Å²) in [4.78, 5) is 12.6. The molecule has 2 heterocycles. The van der Waals surface area contributed by atoms with E-state index in [1.165, 1.54) is 19.3 Å². The standard InChI is InChI=1S/C15H22O3/c16-14(13-6-11-5-12(11)7-13)10-1-3-18-15(8-10)2-4-17-9-15/h10-13H,1-9H2. The van der Waals surface area contributed by atoms with Crippen molar-refractivity contribution in [2.45, 2.75) is 44.1 Å². The van der Waals surface area contributed by atoms with E-state index in [1.807, 2.05) is 0 Å². The summed E-state index contributed by atoms with van der Waals surface area (Å²) < 4.78 is 11.4. The number of carbonyl (C=O) groups is 1. The Morgan fingerprint density at radius 2 is 1.89 bits per heavy atom. The van der Waals surface area contributed by atoms with Crippen molar-refractivity contribution in [2.24, 2.45) is 23.7 Å². The Morgan fingerprint density at radius 3 is 2.61 bits per heavy atom. The molecule has 100 valence electrons. The molecule has 0 aromatic heterocycles. The molecule has 4 unspecified atom stereocenters. The van der Waals surface area contributed by atoms with Crippen LogP contribution in [0.2, 0.25) is 0 Å². The summed E-state index contributed by atoms with van der Waals surface area (Å²) in [7, 11) is 0. The van der Waals surface area contributed by atoms with Gasteiger partial charge in [-0.3, -0.25) is 4.79 Å². The van der Waals surface area contributed by atoms with Gasteiger partial charge in [0.1, 0.15) is 5.78 Å². The van der Waals surface area contributed by atoms with Crippen LogP contribution in [0.3, 0.4) is 0 Å². The molecule has 3 heteroatoms. The zero-order chi connectivity index (χ0) is 12.2. The Balaban J connectivity index is 1.42. The van der Waals surface area contributed by atoms with Gasteiger partial charge in [0.25, 0.3) is 0 Å². The molecule has 18 heavy (non-hydrogen) atoms. The molecule has 4 atom stereocenters. The van der Waals surface area contributed by atoms with Gasteiger partial charge in [0.15, 0.2) is 0 Å². The van der Waals surface area contributed by atoms with Gasteiger partial charge >= 0.3 is 0 Å². The molecule has 2 aliphatic carbocycles. The molecule has 4 rings (SSSR count). The molecule has 0 amide bonds. The van der Waals surface area contributed by atoms with Gasteiger partial charge in [-0.15, -0.1) is 0 Å². The quantitative estimate of drug-likeness (QED) is 0.753. The first-order valence-electron chi connectivity index (χ1n) is 7.51. The van der Waals surface area contributed by atoms with E-state index in [2.05, 4.69) is 0 Å². The van der Waals surface area contributed by atoms with Crippen LogP contribution in [-0.4, -0.2) is 31.2 Å². The van der Waals surface area contributed by atoms with E-state index in [0.29, 0.717) is 18.3 Å². The fraction of sp³-hybridized carbons (Fsp3) is 0.933. The molecule has 0 N–H and O–H groups in total. The zero-order valence-electron chi connectivity index (χ0n) is 10.9. The van der Waals surface area contributed by atoms with Crippen LogP contribution in [-0.2, 0) is 14.3 Å². The van der Waals surface area contributed by atoms with Gasteiger partial charge < -0.3 is 9.47 Å². The minimum atomic E-state index is -0.111. The zero-order valence-corrected chi connectivity index (χ0v) is 10.9. The highest BCUT2D eigenvalue weighted by atomic mass is 16.6. The summed E-state index contributed by atoms with van der Waals surface area (Å²) in [5.41, 5.74) is -0.111. The second-order valence-electron chi connectivity index (χ2n) is 6.85. The minimum Gasteiger partial charge on any atom is -0.378 e. The Kier molecular flexibility index (Phi) is 2.56. The van der Waals surface area contributed by atoms with Crippen molar-refractivity contribution < 1.29 is 14.3 Å². The maximum Gasteiger partial charge on any atom is 0.139 e. The third-order valence-electron chi connectivity index (χ3n) is 5.61. The van der Waals surface area contributed by atoms with Crippen molar-refractivity contribution in [2.75, 3.05) is 19.8 Å². The van der Waals surface area contributed by atoms with E-state index >= 15 is 0 Å². The van der Waals surface area contributed by atoms with Crippen LogP contribution in [0.5, 0.6) is 0 Å². The molecule has 0 aromatic rings. The molecule has 2 saturated carbocycles. The first-order chi connectivity index (χ1) is 8.76. The summed E-state index contributed by atoms with van der Waals surface area (Å²) in [5.74, 6) is 3.00. The number of ketones is 1. The second kappa shape index (κ2) is 4.04. The highest BCUT2D eigenvalue weighted by Gasteiger charge is 2.50. The van der Waals surface area contributed by atoms with E-state index < -0.39 is 0 Å². The maximum absolute atomic E-state index is 12.6. The fourth-order valence-electron chi connectivity index (χ4n) is 4.41. The molecule has 4 fully saturated rings. The average Bonchev–Trinajstić information content (AvgIpc) is 2.80. The molecule has 3 nitrogen and oxygen atoms in total. The van der Waals surface area contributed by atoms with Gasteiger partial charge in [0.2, 0.25) is 0 Å². The molecule has 0 aromatic carbocycles. The lowest BCUT2D eigenvalue weighted by molar-refractivity contribution is -0.140. The highest BCUT2D eigenvalue weighted by molar-refractivity contribution is 5.84. The van der Waals surface area contributed by atoms with Crippen molar-refractivity contribution >= 4 is 5.78 Å². The van der Waals surface area contributed by atoms with Gasteiger partial charge in [-0.05, 0) is 43.9 Å². The van der Waals surface area contributed by atoms with E-state index in [-0.39, 0.29) is 11.5 Å². The number of carbonyl (C=O) groups excluding carboxylic acids is 1. The lowest BCUT2D eigenvalue weighted by Crippen LogP contribution is -2.43. The lowest BCUT2D eigenvalue weighted by atomic mass is 9.78. The maximum atomic E-state index is 12.6. The number of ether oxygens (including phenoxy) is 2. The molecule has 2 aliphatic heterocycles. The van der Waals surface area contributed by atoms with Gasteiger partial charge in [0, 0.05) is 31.5 Å². The Labute approximate surface area is 108 Å². The number of rotatable bonds is 2. The number of fused-ring (bicyclic) bond motifs is 1. The van der Waals surface area contributed by atoms with E-state index in [1.54, 1.807) is 0 Å². The summed E-state index contributed by atoms with van der Waals surface area (Å²) in [6, 6.07) is 0. The van der Waals surface area contributed by atoms with Crippen molar-refractivity contribution in [3.8, 4) is 0 Å². The van der Waals surface area contributed by atoms with Crippen molar-refractivity contribution in [1.82, 2.24) is 0 Å². The average molecular weight is 250 g/mol. The van der Waals surface area contributed by atoms with Crippen molar-refractivity contribution in [3.63, 3.8) is 0 Å². The van der Waals surface area contributed by atoms with Crippen LogP contribution in [0.25, 0.3) is 0 Å².